The molecule has 0 radical (unpaired) electrons. The molecule has 8 heteroatoms. The molecule has 3 unspecified atom stereocenters. The Bertz CT molecular complexity index is 1290. The lowest BCUT2D eigenvalue weighted by Gasteiger charge is -2.25. The molecule has 6 nitrogen and oxygen atoms in total. The summed E-state index contributed by atoms with van der Waals surface area (Å²) in [5.41, 5.74) is 4.44. The number of aliphatic carboxylic acids is 1. The molecule has 226 valence electrons. The molecule has 0 bridgehead atoms. The van der Waals surface area contributed by atoms with Gasteiger partial charge in [0.2, 0.25) is 0 Å². The molecule has 1 aliphatic heterocycles. The van der Waals surface area contributed by atoms with Gasteiger partial charge in [-0.1, -0.05) is 62.4 Å². The van der Waals surface area contributed by atoms with E-state index in [2.05, 4.69) is 22.5 Å². The standard InChI is InChI=1S/C32H38N2O4S2.C2H6/c1-22-9-7-8-12-27(22)29-17-23(13-14-28(29)31(35)33-30(32(36)37)15-16-39-2)19-34-20-26(40-3)18-24(34)21-38-25-10-5-4-6-11-25;1-2/h4-14,17,24,26,30H,15-16,18-21H2,1-3H3,(H,33,35)(H,36,37);1-2H3. The minimum atomic E-state index is -1.02. The minimum absolute atomic E-state index is 0.287. The average Bonchev–Trinajstić information content (AvgIpc) is 3.41. The number of hydrogen-bond acceptors (Lipinski definition) is 6. The number of carboxylic acid groups (broad SMARTS) is 1. The topological polar surface area (TPSA) is 78.9 Å². The Morgan fingerprint density at radius 1 is 1.02 bits per heavy atom. The summed E-state index contributed by atoms with van der Waals surface area (Å²) in [6.07, 6.45) is 5.52. The highest BCUT2D eigenvalue weighted by Crippen LogP contribution is 2.32. The van der Waals surface area contributed by atoms with E-state index in [1.54, 1.807) is 11.8 Å². The van der Waals surface area contributed by atoms with Crippen molar-refractivity contribution >= 4 is 35.4 Å². The van der Waals surface area contributed by atoms with Crippen LogP contribution in [-0.4, -0.2) is 70.6 Å². The van der Waals surface area contributed by atoms with Crippen LogP contribution in [0.5, 0.6) is 5.75 Å². The molecule has 1 saturated heterocycles. The smallest absolute Gasteiger partial charge is 0.326 e. The van der Waals surface area contributed by atoms with E-state index in [-0.39, 0.29) is 11.9 Å². The van der Waals surface area contributed by atoms with Gasteiger partial charge >= 0.3 is 5.97 Å². The number of carbonyl (C=O) groups excluding carboxylic acids is 1. The van der Waals surface area contributed by atoms with Crippen molar-refractivity contribution in [3.8, 4) is 16.9 Å². The zero-order valence-corrected chi connectivity index (χ0v) is 27.0. The molecule has 0 aliphatic carbocycles. The molecule has 1 heterocycles. The highest BCUT2D eigenvalue weighted by Gasteiger charge is 2.32. The van der Waals surface area contributed by atoms with Crippen molar-refractivity contribution in [3.63, 3.8) is 0 Å². The van der Waals surface area contributed by atoms with Gasteiger partial charge in [0, 0.05) is 29.9 Å². The van der Waals surface area contributed by atoms with Gasteiger partial charge in [-0.15, -0.1) is 0 Å². The molecule has 0 saturated carbocycles. The fourth-order valence-corrected chi connectivity index (χ4v) is 6.36. The van der Waals surface area contributed by atoms with Crippen molar-refractivity contribution in [1.82, 2.24) is 10.2 Å². The maximum atomic E-state index is 13.4. The third kappa shape index (κ3) is 9.28. The quantitative estimate of drug-likeness (QED) is 0.216. The molecule has 3 atom stereocenters. The van der Waals surface area contributed by atoms with Crippen LogP contribution in [0.3, 0.4) is 0 Å². The minimum Gasteiger partial charge on any atom is -0.492 e. The zero-order chi connectivity index (χ0) is 30.5. The van der Waals surface area contributed by atoms with Gasteiger partial charge in [-0.2, -0.15) is 23.5 Å². The van der Waals surface area contributed by atoms with Crippen LogP contribution in [0.25, 0.3) is 11.1 Å². The summed E-state index contributed by atoms with van der Waals surface area (Å²) in [4.78, 5) is 27.7. The molecule has 0 aromatic heterocycles. The fraction of sp³-hybridized carbons (Fsp3) is 0.412. The highest BCUT2D eigenvalue weighted by atomic mass is 32.2. The Morgan fingerprint density at radius 2 is 1.74 bits per heavy atom. The first-order valence-electron chi connectivity index (χ1n) is 14.6. The summed E-state index contributed by atoms with van der Waals surface area (Å²) in [5.74, 6) is 0.154. The molecule has 1 amide bonds. The molecule has 0 spiro atoms. The van der Waals surface area contributed by atoms with Gasteiger partial charge in [0.25, 0.3) is 5.91 Å². The van der Waals surface area contributed by atoms with Crippen molar-refractivity contribution in [2.75, 3.05) is 31.4 Å². The highest BCUT2D eigenvalue weighted by molar-refractivity contribution is 7.99. The fourth-order valence-electron chi connectivity index (χ4n) is 5.13. The number of ether oxygens (including phenoxy) is 1. The molecular weight excluding hydrogens is 565 g/mol. The van der Waals surface area contributed by atoms with Crippen LogP contribution in [-0.2, 0) is 11.3 Å². The van der Waals surface area contributed by atoms with E-state index < -0.39 is 12.0 Å². The van der Waals surface area contributed by atoms with E-state index in [9.17, 15) is 14.7 Å². The van der Waals surface area contributed by atoms with E-state index in [1.807, 2.05) is 106 Å². The number of amides is 1. The molecule has 2 N–H and O–H groups in total. The number of likely N-dealkylation sites (tertiary alicyclic amines) is 1. The zero-order valence-electron chi connectivity index (χ0n) is 25.3. The number of thioether (sulfide) groups is 2. The number of carboxylic acids is 1. The lowest BCUT2D eigenvalue weighted by Crippen LogP contribution is -2.41. The number of benzene rings is 3. The Balaban J connectivity index is 0.00000237. The molecule has 1 aliphatic rings. The molecule has 3 aromatic rings. The van der Waals surface area contributed by atoms with E-state index in [0.717, 1.165) is 47.5 Å². The van der Waals surface area contributed by atoms with Crippen molar-refractivity contribution in [2.24, 2.45) is 0 Å². The Labute approximate surface area is 259 Å². The van der Waals surface area contributed by atoms with Gasteiger partial charge in [0.05, 0.1) is 0 Å². The second kappa shape index (κ2) is 17.2. The van der Waals surface area contributed by atoms with Crippen LogP contribution in [0.4, 0.5) is 0 Å². The summed E-state index contributed by atoms with van der Waals surface area (Å²) in [5, 5.41) is 13.0. The normalized spacial score (nSPS) is 17.2. The first-order chi connectivity index (χ1) is 20.4. The SMILES string of the molecule is CC.CSCCC(NC(=O)c1ccc(CN2CC(SC)CC2COc2ccccc2)cc1-c1ccccc1C)C(=O)O. The second-order valence-electron chi connectivity index (χ2n) is 10.1. The summed E-state index contributed by atoms with van der Waals surface area (Å²) in [6, 6.07) is 23.2. The summed E-state index contributed by atoms with van der Waals surface area (Å²) >= 11 is 3.46. The maximum Gasteiger partial charge on any atom is 0.326 e. The lowest BCUT2D eigenvalue weighted by atomic mass is 9.93. The van der Waals surface area contributed by atoms with E-state index in [0.29, 0.717) is 29.6 Å². The van der Waals surface area contributed by atoms with Gasteiger partial charge in [-0.05, 0) is 84.5 Å². The summed E-state index contributed by atoms with van der Waals surface area (Å²) in [7, 11) is 0. The van der Waals surface area contributed by atoms with E-state index >= 15 is 0 Å². The predicted molar refractivity (Wildman–Crippen MR) is 178 cm³/mol. The Hall–Kier alpha value is -2.94. The predicted octanol–water partition coefficient (Wildman–Crippen LogP) is 7.01. The number of nitrogens with zero attached hydrogens (tertiary/aromatic N) is 1. The van der Waals surface area contributed by atoms with Gasteiger partial charge in [0.15, 0.2) is 0 Å². The average molecular weight is 609 g/mol. The van der Waals surface area contributed by atoms with Crippen LogP contribution in [0.2, 0.25) is 0 Å². The Kier molecular flexibility index (Phi) is 13.8. The Morgan fingerprint density at radius 3 is 2.40 bits per heavy atom. The van der Waals surface area contributed by atoms with Gasteiger partial charge in [-0.25, -0.2) is 4.79 Å². The van der Waals surface area contributed by atoms with Crippen LogP contribution in [0.1, 0.15) is 48.2 Å². The van der Waals surface area contributed by atoms with Crippen molar-refractivity contribution in [3.05, 3.63) is 89.5 Å². The monoisotopic (exact) mass is 608 g/mol. The summed E-state index contributed by atoms with van der Waals surface area (Å²) < 4.78 is 6.14. The third-order valence-corrected chi connectivity index (χ3v) is 9.02. The van der Waals surface area contributed by atoms with Gasteiger partial charge in [0.1, 0.15) is 18.4 Å². The first kappa shape index (κ1) is 33.6. The lowest BCUT2D eigenvalue weighted by molar-refractivity contribution is -0.139. The van der Waals surface area contributed by atoms with Gasteiger partial charge in [-0.3, -0.25) is 9.69 Å². The van der Waals surface area contributed by atoms with Crippen LogP contribution in [0, 0.1) is 6.92 Å². The van der Waals surface area contributed by atoms with E-state index in [1.165, 1.54) is 0 Å². The molecule has 42 heavy (non-hydrogen) atoms. The second-order valence-corrected chi connectivity index (χ2v) is 12.3. The molecular formula is C34H44N2O4S2. The number of nitrogens with one attached hydrogen (secondary N) is 1. The number of carbonyl (C=O) groups is 2. The van der Waals surface area contributed by atoms with Crippen molar-refractivity contribution in [2.45, 2.75) is 57.5 Å². The van der Waals surface area contributed by atoms with Crippen molar-refractivity contribution in [1.29, 1.82) is 0 Å². The van der Waals surface area contributed by atoms with Crippen LogP contribution >= 0.6 is 23.5 Å². The number of aryl methyl sites for hydroxylation is 1. The third-order valence-electron chi connectivity index (χ3n) is 7.37. The van der Waals surface area contributed by atoms with Crippen LogP contribution < -0.4 is 10.1 Å². The number of rotatable bonds is 13. The van der Waals surface area contributed by atoms with Crippen LogP contribution in [0.15, 0.2) is 72.8 Å². The van der Waals surface area contributed by atoms with Crippen molar-refractivity contribution < 1.29 is 19.4 Å². The molecule has 3 aromatic carbocycles. The number of para-hydroxylation sites is 1. The summed E-state index contributed by atoms with van der Waals surface area (Å²) in [6.45, 7) is 8.37. The largest absolute Gasteiger partial charge is 0.492 e. The molecule has 4 rings (SSSR count). The number of hydrogen-bond donors (Lipinski definition) is 2. The maximum absolute atomic E-state index is 13.4. The molecule has 1 fully saturated rings. The van der Waals surface area contributed by atoms with E-state index in [4.69, 9.17) is 4.74 Å². The van der Waals surface area contributed by atoms with Gasteiger partial charge < -0.3 is 15.2 Å². The first-order valence-corrected chi connectivity index (χ1v) is 17.2.